The minimum atomic E-state index is -0.733. The monoisotopic (exact) mass is 239 g/mol. The van der Waals surface area contributed by atoms with E-state index in [-0.39, 0.29) is 0 Å². The van der Waals surface area contributed by atoms with Crippen molar-refractivity contribution in [3.8, 4) is 0 Å². The number of hydrogen-bond donors (Lipinski definition) is 2. The molecule has 2 aliphatic rings. The Kier molecular flexibility index (Phi) is 4.08. The molecule has 1 unspecified atom stereocenters. The van der Waals surface area contributed by atoms with Crippen molar-refractivity contribution in [3.05, 3.63) is 0 Å². The van der Waals surface area contributed by atoms with Gasteiger partial charge in [-0.2, -0.15) is 0 Å². The Bertz CT molecular complexity index is 261. The van der Waals surface area contributed by atoms with Crippen molar-refractivity contribution in [2.45, 2.75) is 76.8 Å². The highest BCUT2D eigenvalue weighted by molar-refractivity contribution is 5.72. The molecule has 98 valence electrons. The van der Waals surface area contributed by atoms with Crippen molar-refractivity contribution in [1.82, 2.24) is 5.32 Å². The van der Waals surface area contributed by atoms with Crippen molar-refractivity contribution in [2.24, 2.45) is 5.41 Å². The maximum atomic E-state index is 10.8. The van der Waals surface area contributed by atoms with Crippen molar-refractivity contribution in [3.63, 3.8) is 0 Å². The van der Waals surface area contributed by atoms with Crippen molar-refractivity contribution < 1.29 is 9.90 Å². The van der Waals surface area contributed by atoms with Crippen LogP contribution in [0.5, 0.6) is 0 Å². The van der Waals surface area contributed by atoms with Crippen LogP contribution in [0.15, 0.2) is 0 Å². The van der Waals surface area contributed by atoms with E-state index in [2.05, 4.69) is 5.32 Å². The normalized spacial score (nSPS) is 26.9. The summed E-state index contributed by atoms with van der Waals surface area (Å²) in [5.41, 5.74) is 0.628. The molecule has 2 fully saturated rings. The van der Waals surface area contributed by atoms with Crippen LogP contribution in [0.3, 0.4) is 0 Å². The van der Waals surface area contributed by atoms with Gasteiger partial charge in [0.2, 0.25) is 0 Å². The Labute approximate surface area is 104 Å². The molecule has 2 rings (SSSR count). The molecule has 0 bridgehead atoms. The van der Waals surface area contributed by atoms with Gasteiger partial charge in [-0.15, -0.1) is 0 Å². The first-order valence-corrected chi connectivity index (χ1v) is 7.10. The van der Waals surface area contributed by atoms with Gasteiger partial charge in [0.1, 0.15) is 6.04 Å². The Hall–Kier alpha value is -0.570. The van der Waals surface area contributed by atoms with Crippen LogP contribution in [0.4, 0.5) is 0 Å². The van der Waals surface area contributed by atoms with Gasteiger partial charge < -0.3 is 10.4 Å². The summed E-state index contributed by atoms with van der Waals surface area (Å²) in [5, 5.41) is 12.1. The third kappa shape index (κ3) is 3.21. The molecule has 2 saturated carbocycles. The fourth-order valence-corrected chi connectivity index (χ4v) is 3.62. The summed E-state index contributed by atoms with van der Waals surface area (Å²) in [6.45, 7) is 1.74. The average Bonchev–Trinajstić information content (AvgIpc) is 2.33. The Balaban J connectivity index is 1.79. The van der Waals surface area contributed by atoms with Gasteiger partial charge in [0.25, 0.3) is 0 Å². The molecule has 0 aliphatic heterocycles. The lowest BCUT2D eigenvalue weighted by Gasteiger charge is -2.43. The molecule has 0 radical (unpaired) electrons. The highest BCUT2D eigenvalue weighted by atomic mass is 16.4. The number of carbonyl (C=O) groups is 1. The Morgan fingerprint density at radius 3 is 2.29 bits per heavy atom. The van der Waals surface area contributed by atoms with Gasteiger partial charge in [0, 0.05) is 6.04 Å². The standard InChI is InChI=1S/C14H25NO2/c1-11(13(16)17)15-12-5-9-14(10-6-12)7-3-2-4-8-14/h11-12,15H,2-10H2,1H3,(H,16,17). The van der Waals surface area contributed by atoms with E-state index in [0.29, 0.717) is 11.5 Å². The molecule has 0 aromatic heterocycles. The van der Waals surface area contributed by atoms with Crippen molar-refractivity contribution in [2.75, 3.05) is 0 Å². The molecule has 1 atom stereocenters. The molecule has 0 heterocycles. The van der Waals surface area contributed by atoms with Gasteiger partial charge in [0.05, 0.1) is 0 Å². The largest absolute Gasteiger partial charge is 0.480 e. The molecular weight excluding hydrogens is 214 g/mol. The lowest BCUT2D eigenvalue weighted by atomic mass is 9.64. The summed E-state index contributed by atoms with van der Waals surface area (Å²) in [6.07, 6.45) is 12.0. The molecule has 2 aliphatic carbocycles. The third-order valence-electron chi connectivity index (χ3n) is 4.82. The zero-order valence-electron chi connectivity index (χ0n) is 10.9. The number of carboxylic acid groups (broad SMARTS) is 1. The summed E-state index contributed by atoms with van der Waals surface area (Å²) in [6, 6.07) is 0.0223. The molecular formula is C14H25NO2. The molecule has 0 aromatic rings. The van der Waals surface area contributed by atoms with E-state index >= 15 is 0 Å². The number of carboxylic acids is 1. The zero-order valence-corrected chi connectivity index (χ0v) is 10.9. The van der Waals surface area contributed by atoms with E-state index < -0.39 is 12.0 Å². The van der Waals surface area contributed by atoms with Gasteiger partial charge >= 0.3 is 5.97 Å². The first-order chi connectivity index (χ1) is 8.11. The van der Waals surface area contributed by atoms with Crippen LogP contribution in [0.1, 0.15) is 64.7 Å². The van der Waals surface area contributed by atoms with Gasteiger partial charge in [-0.05, 0) is 50.9 Å². The summed E-state index contributed by atoms with van der Waals surface area (Å²) in [7, 11) is 0. The molecule has 1 spiro atoms. The first-order valence-electron chi connectivity index (χ1n) is 7.10. The van der Waals surface area contributed by atoms with Crippen LogP contribution in [0.25, 0.3) is 0 Å². The smallest absolute Gasteiger partial charge is 0.320 e. The Morgan fingerprint density at radius 2 is 1.76 bits per heavy atom. The van der Waals surface area contributed by atoms with Crippen LogP contribution in [-0.4, -0.2) is 23.2 Å². The lowest BCUT2D eigenvalue weighted by Crippen LogP contribution is -2.45. The molecule has 0 amide bonds. The fraction of sp³-hybridized carbons (Fsp3) is 0.929. The topological polar surface area (TPSA) is 49.3 Å². The second-order valence-electron chi connectivity index (χ2n) is 6.06. The van der Waals surface area contributed by atoms with Gasteiger partial charge in [-0.1, -0.05) is 19.3 Å². The zero-order chi connectivity index (χ0) is 12.3. The SMILES string of the molecule is CC(NC1CCC2(CCCCC2)CC1)C(=O)O. The minimum Gasteiger partial charge on any atom is -0.480 e. The van der Waals surface area contributed by atoms with E-state index in [1.165, 1.54) is 44.9 Å². The average molecular weight is 239 g/mol. The van der Waals surface area contributed by atoms with Crippen molar-refractivity contribution in [1.29, 1.82) is 0 Å². The van der Waals surface area contributed by atoms with Crippen LogP contribution in [-0.2, 0) is 4.79 Å². The second kappa shape index (κ2) is 5.38. The first kappa shape index (κ1) is 12.9. The molecule has 3 nitrogen and oxygen atoms in total. The second-order valence-corrected chi connectivity index (χ2v) is 6.06. The maximum absolute atomic E-state index is 10.8. The summed E-state index contributed by atoms with van der Waals surface area (Å²) in [5.74, 6) is -0.733. The Morgan fingerprint density at radius 1 is 1.18 bits per heavy atom. The number of rotatable bonds is 3. The predicted octanol–water partition coefficient (Wildman–Crippen LogP) is 2.94. The van der Waals surface area contributed by atoms with Gasteiger partial charge in [-0.3, -0.25) is 4.79 Å². The highest BCUT2D eigenvalue weighted by Crippen LogP contribution is 2.47. The fourth-order valence-electron chi connectivity index (χ4n) is 3.62. The third-order valence-corrected chi connectivity index (χ3v) is 4.82. The number of aliphatic carboxylic acids is 1. The minimum absolute atomic E-state index is 0.402. The van der Waals surface area contributed by atoms with Gasteiger partial charge in [-0.25, -0.2) is 0 Å². The molecule has 0 aromatic carbocycles. The predicted molar refractivity (Wildman–Crippen MR) is 68.0 cm³/mol. The number of hydrogen-bond acceptors (Lipinski definition) is 2. The van der Waals surface area contributed by atoms with Crippen LogP contribution < -0.4 is 5.32 Å². The van der Waals surface area contributed by atoms with Gasteiger partial charge in [0.15, 0.2) is 0 Å². The number of nitrogens with one attached hydrogen (secondary N) is 1. The van der Waals surface area contributed by atoms with E-state index in [1.54, 1.807) is 6.92 Å². The summed E-state index contributed by atoms with van der Waals surface area (Å²) >= 11 is 0. The maximum Gasteiger partial charge on any atom is 0.320 e. The molecule has 2 N–H and O–H groups in total. The lowest BCUT2D eigenvalue weighted by molar-refractivity contribution is -0.139. The quantitative estimate of drug-likeness (QED) is 0.796. The van der Waals surface area contributed by atoms with E-state index in [0.717, 1.165) is 12.8 Å². The summed E-state index contributed by atoms with van der Waals surface area (Å²) < 4.78 is 0. The molecule has 17 heavy (non-hydrogen) atoms. The van der Waals surface area contributed by atoms with Crippen LogP contribution >= 0.6 is 0 Å². The molecule has 0 saturated heterocycles. The van der Waals surface area contributed by atoms with Crippen LogP contribution in [0.2, 0.25) is 0 Å². The van der Waals surface area contributed by atoms with E-state index in [1.807, 2.05) is 0 Å². The van der Waals surface area contributed by atoms with E-state index in [4.69, 9.17) is 5.11 Å². The van der Waals surface area contributed by atoms with E-state index in [9.17, 15) is 4.79 Å². The van der Waals surface area contributed by atoms with Crippen molar-refractivity contribution >= 4 is 5.97 Å². The summed E-state index contributed by atoms with van der Waals surface area (Å²) in [4.78, 5) is 10.8. The molecule has 3 heteroatoms. The van der Waals surface area contributed by atoms with Crippen LogP contribution in [0, 0.1) is 5.41 Å². The highest BCUT2D eigenvalue weighted by Gasteiger charge is 2.36.